The van der Waals surface area contributed by atoms with Crippen molar-refractivity contribution in [3.63, 3.8) is 0 Å². The van der Waals surface area contributed by atoms with Crippen molar-refractivity contribution in [2.75, 3.05) is 7.11 Å². The molecular weight excluding hydrogens is 222 g/mol. The maximum absolute atomic E-state index is 5.84. The average Bonchev–Trinajstić information content (AvgIpc) is 2.62. The van der Waals surface area contributed by atoms with Crippen LogP contribution in [0.3, 0.4) is 0 Å². The fraction of sp³-hybridized carbons (Fsp3) is 0.538. The highest BCUT2D eigenvalue weighted by Crippen LogP contribution is 2.30. The fourth-order valence-corrected chi connectivity index (χ4v) is 2.35. The summed E-state index contributed by atoms with van der Waals surface area (Å²) in [7, 11) is 1.74. The second-order valence-electron chi connectivity index (χ2n) is 4.47. The molecule has 0 amide bonds. The largest absolute Gasteiger partial charge is 0.496 e. The molecule has 1 aromatic rings. The molecule has 2 N–H and O–H groups in total. The number of ether oxygens (including phenoxy) is 1. The minimum atomic E-state index is 0. The van der Waals surface area contributed by atoms with Crippen LogP contribution in [-0.4, -0.2) is 13.2 Å². The second kappa shape index (κ2) is 5.55. The van der Waals surface area contributed by atoms with Crippen LogP contribution < -0.4 is 10.5 Å². The van der Waals surface area contributed by atoms with Crippen molar-refractivity contribution < 1.29 is 4.74 Å². The van der Waals surface area contributed by atoms with Gasteiger partial charge in [-0.25, -0.2) is 0 Å². The van der Waals surface area contributed by atoms with E-state index in [9.17, 15) is 0 Å². The zero-order chi connectivity index (χ0) is 10.8. The molecule has 0 spiro atoms. The Morgan fingerprint density at radius 1 is 1.31 bits per heavy atom. The maximum atomic E-state index is 5.84. The first-order valence-electron chi connectivity index (χ1n) is 5.65. The number of hydrogen-bond donors (Lipinski definition) is 1. The highest BCUT2D eigenvalue weighted by molar-refractivity contribution is 5.85. The summed E-state index contributed by atoms with van der Waals surface area (Å²) < 4.78 is 5.42. The monoisotopic (exact) mass is 241 g/mol. The van der Waals surface area contributed by atoms with Crippen molar-refractivity contribution in [3.8, 4) is 5.75 Å². The van der Waals surface area contributed by atoms with E-state index in [0.717, 1.165) is 12.2 Å². The van der Waals surface area contributed by atoms with Crippen LogP contribution in [0.4, 0.5) is 0 Å². The number of nitrogens with two attached hydrogens (primary N) is 1. The summed E-state index contributed by atoms with van der Waals surface area (Å²) in [6.07, 6.45) is 4.59. The molecule has 0 aliphatic heterocycles. The second-order valence-corrected chi connectivity index (χ2v) is 4.47. The number of methoxy groups -OCH3 is 1. The van der Waals surface area contributed by atoms with Crippen molar-refractivity contribution in [2.24, 2.45) is 5.73 Å². The maximum Gasteiger partial charge on any atom is 0.122 e. The van der Waals surface area contributed by atoms with E-state index in [1.165, 1.54) is 36.0 Å². The molecule has 3 heteroatoms. The summed E-state index contributed by atoms with van der Waals surface area (Å²) in [5.41, 5.74) is 10.0. The topological polar surface area (TPSA) is 35.2 Å². The molecule has 0 fully saturated rings. The van der Waals surface area contributed by atoms with Gasteiger partial charge in [-0.15, -0.1) is 12.4 Å². The van der Waals surface area contributed by atoms with Gasteiger partial charge in [0.25, 0.3) is 0 Å². The average molecular weight is 242 g/mol. The predicted molar refractivity (Wildman–Crippen MR) is 69.6 cm³/mol. The molecule has 16 heavy (non-hydrogen) atoms. The lowest BCUT2D eigenvalue weighted by Gasteiger charge is -2.13. The highest BCUT2D eigenvalue weighted by atomic mass is 35.5. The number of fused-ring (bicyclic) bond motifs is 1. The standard InChI is InChI=1S/C13H19NO.ClH/c1-9(14)6-12-7-10-4-3-5-11(10)8-13(12)15-2;/h7-9H,3-6,14H2,1-2H3;1H. The molecule has 0 bridgehead atoms. The van der Waals surface area contributed by atoms with Gasteiger partial charge < -0.3 is 10.5 Å². The minimum absolute atomic E-state index is 0. The SMILES string of the molecule is COc1cc2c(cc1CC(C)N)CCC2.Cl. The van der Waals surface area contributed by atoms with Crippen molar-refractivity contribution in [1.29, 1.82) is 0 Å². The van der Waals surface area contributed by atoms with Gasteiger partial charge in [0.15, 0.2) is 0 Å². The Labute approximate surface area is 104 Å². The lowest BCUT2D eigenvalue weighted by molar-refractivity contribution is 0.408. The number of benzene rings is 1. The summed E-state index contributed by atoms with van der Waals surface area (Å²) in [6, 6.07) is 4.67. The number of aryl methyl sites for hydroxylation is 2. The lowest BCUT2D eigenvalue weighted by Crippen LogP contribution is -2.18. The molecule has 1 atom stereocenters. The van der Waals surface area contributed by atoms with Gasteiger partial charge in [0.1, 0.15) is 5.75 Å². The van der Waals surface area contributed by atoms with Crippen LogP contribution in [0.2, 0.25) is 0 Å². The predicted octanol–water partition coefficient (Wildman–Crippen LogP) is 2.50. The Balaban J connectivity index is 0.00000128. The summed E-state index contributed by atoms with van der Waals surface area (Å²) in [4.78, 5) is 0. The van der Waals surface area contributed by atoms with Gasteiger partial charge in [0, 0.05) is 6.04 Å². The first-order chi connectivity index (χ1) is 7.20. The molecule has 0 radical (unpaired) electrons. The van der Waals surface area contributed by atoms with Crippen molar-refractivity contribution in [2.45, 2.75) is 38.6 Å². The third-order valence-corrected chi connectivity index (χ3v) is 3.04. The molecule has 1 aliphatic rings. The zero-order valence-electron chi connectivity index (χ0n) is 9.95. The Hall–Kier alpha value is -0.730. The van der Waals surface area contributed by atoms with E-state index >= 15 is 0 Å². The molecule has 1 aromatic carbocycles. The minimum Gasteiger partial charge on any atom is -0.496 e. The molecule has 0 saturated carbocycles. The van der Waals surface area contributed by atoms with Gasteiger partial charge >= 0.3 is 0 Å². The quantitative estimate of drug-likeness (QED) is 0.883. The van der Waals surface area contributed by atoms with Crippen LogP contribution in [0.5, 0.6) is 5.75 Å². The van der Waals surface area contributed by atoms with Gasteiger partial charge in [-0.3, -0.25) is 0 Å². The van der Waals surface area contributed by atoms with Crippen molar-refractivity contribution >= 4 is 12.4 Å². The molecule has 90 valence electrons. The molecule has 2 nitrogen and oxygen atoms in total. The fourth-order valence-electron chi connectivity index (χ4n) is 2.35. The van der Waals surface area contributed by atoms with E-state index in [4.69, 9.17) is 10.5 Å². The van der Waals surface area contributed by atoms with Gasteiger partial charge in [0.05, 0.1) is 7.11 Å². The Kier molecular flexibility index (Phi) is 4.63. The van der Waals surface area contributed by atoms with Gasteiger partial charge in [-0.2, -0.15) is 0 Å². The summed E-state index contributed by atoms with van der Waals surface area (Å²) in [5, 5.41) is 0. The van der Waals surface area contributed by atoms with Gasteiger partial charge in [0.2, 0.25) is 0 Å². The van der Waals surface area contributed by atoms with Crippen molar-refractivity contribution in [1.82, 2.24) is 0 Å². The Morgan fingerprint density at radius 3 is 2.50 bits per heavy atom. The molecule has 0 heterocycles. The van der Waals surface area contributed by atoms with Crippen LogP contribution >= 0.6 is 12.4 Å². The number of halogens is 1. The van der Waals surface area contributed by atoms with Crippen LogP contribution in [0.15, 0.2) is 12.1 Å². The summed E-state index contributed by atoms with van der Waals surface area (Å²) >= 11 is 0. The Morgan fingerprint density at radius 2 is 1.94 bits per heavy atom. The van der Waals surface area contributed by atoms with Gasteiger partial charge in [-0.1, -0.05) is 6.07 Å². The first-order valence-corrected chi connectivity index (χ1v) is 5.65. The van der Waals surface area contributed by atoms with E-state index in [1.807, 2.05) is 6.92 Å². The summed E-state index contributed by atoms with van der Waals surface area (Å²) in [5.74, 6) is 1.01. The summed E-state index contributed by atoms with van der Waals surface area (Å²) in [6.45, 7) is 2.03. The molecule has 2 rings (SSSR count). The van der Waals surface area contributed by atoms with E-state index in [0.29, 0.717) is 0 Å². The smallest absolute Gasteiger partial charge is 0.122 e. The van der Waals surface area contributed by atoms with Crippen LogP contribution in [0.25, 0.3) is 0 Å². The third kappa shape index (κ3) is 2.69. The van der Waals surface area contributed by atoms with Crippen LogP contribution in [-0.2, 0) is 19.3 Å². The van der Waals surface area contributed by atoms with E-state index in [-0.39, 0.29) is 18.4 Å². The van der Waals surface area contributed by atoms with E-state index in [1.54, 1.807) is 7.11 Å². The lowest BCUT2D eigenvalue weighted by atomic mass is 10.0. The molecule has 0 aromatic heterocycles. The van der Waals surface area contributed by atoms with Crippen molar-refractivity contribution in [3.05, 3.63) is 28.8 Å². The van der Waals surface area contributed by atoms with Crippen LogP contribution in [0, 0.1) is 0 Å². The molecule has 1 unspecified atom stereocenters. The molecular formula is C13H20ClNO. The van der Waals surface area contributed by atoms with Gasteiger partial charge in [-0.05, 0) is 55.4 Å². The number of rotatable bonds is 3. The number of hydrogen-bond acceptors (Lipinski definition) is 2. The zero-order valence-corrected chi connectivity index (χ0v) is 10.8. The normalized spacial score (nSPS) is 15.2. The third-order valence-electron chi connectivity index (χ3n) is 3.04. The molecule has 0 saturated heterocycles. The van der Waals surface area contributed by atoms with E-state index in [2.05, 4.69) is 12.1 Å². The molecule has 1 aliphatic carbocycles. The highest BCUT2D eigenvalue weighted by Gasteiger charge is 2.15. The van der Waals surface area contributed by atoms with Crippen LogP contribution in [0.1, 0.15) is 30.0 Å². The Bertz CT molecular complexity index is 363. The van der Waals surface area contributed by atoms with E-state index < -0.39 is 0 Å². The first kappa shape index (κ1) is 13.3.